The predicted molar refractivity (Wildman–Crippen MR) is 116 cm³/mol. The Kier molecular flexibility index (Phi) is 5.46. The Balaban J connectivity index is 1.86. The number of likely N-dealkylation sites (tertiary alicyclic amines) is 1. The summed E-state index contributed by atoms with van der Waals surface area (Å²) in [7, 11) is 0. The Morgan fingerprint density at radius 3 is 2.19 bits per heavy atom. The summed E-state index contributed by atoms with van der Waals surface area (Å²) in [6, 6.07) is 5.85. The van der Waals surface area contributed by atoms with Crippen molar-refractivity contribution in [2.75, 3.05) is 0 Å². The van der Waals surface area contributed by atoms with Gasteiger partial charge in [0, 0.05) is 4.92 Å². The average molecular weight is 445 g/mol. The van der Waals surface area contributed by atoms with Gasteiger partial charge in [0.15, 0.2) is 0 Å². The van der Waals surface area contributed by atoms with Crippen molar-refractivity contribution in [3.8, 4) is 0 Å². The summed E-state index contributed by atoms with van der Waals surface area (Å²) < 4.78 is 11.2. The molecule has 1 aliphatic heterocycles. The van der Waals surface area contributed by atoms with E-state index in [-0.39, 0.29) is 10.3 Å². The van der Waals surface area contributed by atoms with Gasteiger partial charge in [-0.25, -0.2) is 9.59 Å². The lowest BCUT2D eigenvalue weighted by Crippen LogP contribution is -2.63. The van der Waals surface area contributed by atoms with Gasteiger partial charge < -0.3 is 9.47 Å². The molecule has 0 unspecified atom stereocenters. The van der Waals surface area contributed by atoms with Gasteiger partial charge in [0.1, 0.15) is 17.7 Å². The molecule has 1 heterocycles. The van der Waals surface area contributed by atoms with E-state index < -0.39 is 47.8 Å². The van der Waals surface area contributed by atoms with Gasteiger partial charge in [-0.15, -0.1) is 0 Å². The van der Waals surface area contributed by atoms with Crippen LogP contribution in [0.1, 0.15) is 65.5 Å². The van der Waals surface area contributed by atoms with Crippen LogP contribution in [0, 0.1) is 27.4 Å². The van der Waals surface area contributed by atoms with Crippen LogP contribution in [-0.4, -0.2) is 45.7 Å². The molecule has 8 nitrogen and oxygen atoms in total. The number of nitrogens with zero attached hydrogens (tertiary/aromatic N) is 2. The zero-order valence-corrected chi connectivity index (χ0v) is 19.3. The SMILES string of the molecule is CC(C)OC(=O)N1[C@H](C(=O)OC(C)(C)C)[C@@H](C23CC(C2)C3)[C@H]([N+](=O)[O-])[C@@H]1c1ccccc1. The quantitative estimate of drug-likeness (QED) is 0.380. The lowest BCUT2D eigenvalue weighted by Gasteiger charge is -2.65. The highest BCUT2D eigenvalue weighted by Crippen LogP contribution is 2.72. The molecule has 4 atom stereocenters. The fourth-order valence-electron chi connectivity index (χ4n) is 5.91. The number of ether oxygens (including phenoxy) is 2. The number of hydrogen-bond donors (Lipinski definition) is 0. The van der Waals surface area contributed by atoms with Crippen LogP contribution in [-0.2, 0) is 14.3 Å². The van der Waals surface area contributed by atoms with Crippen LogP contribution >= 0.6 is 0 Å². The van der Waals surface area contributed by atoms with Crippen LogP contribution in [0.5, 0.6) is 0 Å². The van der Waals surface area contributed by atoms with Crippen LogP contribution in [0.25, 0.3) is 0 Å². The highest BCUT2D eigenvalue weighted by molar-refractivity contribution is 5.84. The topological polar surface area (TPSA) is 99.0 Å². The lowest BCUT2D eigenvalue weighted by molar-refractivity contribution is -0.541. The minimum absolute atomic E-state index is 0.302. The third-order valence-corrected chi connectivity index (χ3v) is 7.00. The van der Waals surface area contributed by atoms with Gasteiger partial charge >= 0.3 is 12.1 Å². The molecule has 1 saturated heterocycles. The summed E-state index contributed by atoms with van der Waals surface area (Å²) in [5, 5.41) is 12.5. The van der Waals surface area contributed by atoms with E-state index in [1.807, 2.05) is 6.07 Å². The van der Waals surface area contributed by atoms with Crippen LogP contribution < -0.4 is 0 Å². The first-order valence-electron chi connectivity index (χ1n) is 11.3. The van der Waals surface area contributed by atoms with Gasteiger partial charge in [0.25, 0.3) is 0 Å². The normalized spacial score (nSPS) is 33.3. The molecule has 4 fully saturated rings. The number of nitro groups is 1. The summed E-state index contributed by atoms with van der Waals surface area (Å²) in [4.78, 5) is 40.4. The molecule has 0 N–H and O–H groups in total. The van der Waals surface area contributed by atoms with E-state index in [4.69, 9.17) is 9.47 Å². The van der Waals surface area contributed by atoms with Gasteiger partial charge in [-0.3, -0.25) is 15.0 Å². The fraction of sp³-hybridized carbons (Fsp3) is 0.667. The third-order valence-electron chi connectivity index (χ3n) is 7.00. The van der Waals surface area contributed by atoms with Crippen molar-refractivity contribution in [1.29, 1.82) is 0 Å². The molecule has 1 aromatic rings. The number of hydrogen-bond acceptors (Lipinski definition) is 6. The van der Waals surface area contributed by atoms with Crippen LogP contribution in [0.4, 0.5) is 4.79 Å². The monoisotopic (exact) mass is 444 g/mol. The Morgan fingerprint density at radius 1 is 1.16 bits per heavy atom. The van der Waals surface area contributed by atoms with Crippen molar-refractivity contribution >= 4 is 12.1 Å². The maximum Gasteiger partial charge on any atom is 0.411 e. The van der Waals surface area contributed by atoms with Crippen molar-refractivity contribution in [1.82, 2.24) is 4.90 Å². The first-order chi connectivity index (χ1) is 14.9. The Hall–Kier alpha value is -2.64. The highest BCUT2D eigenvalue weighted by Gasteiger charge is 2.73. The zero-order valence-electron chi connectivity index (χ0n) is 19.3. The molecular weight excluding hydrogens is 412 g/mol. The van der Waals surface area contributed by atoms with Gasteiger partial charge in [-0.1, -0.05) is 30.3 Å². The molecule has 0 radical (unpaired) electrons. The molecule has 32 heavy (non-hydrogen) atoms. The van der Waals surface area contributed by atoms with E-state index in [0.717, 1.165) is 19.3 Å². The number of amides is 1. The van der Waals surface area contributed by atoms with Gasteiger partial charge in [0.05, 0.1) is 12.0 Å². The number of esters is 1. The van der Waals surface area contributed by atoms with E-state index in [2.05, 4.69) is 0 Å². The molecule has 2 bridgehead atoms. The Morgan fingerprint density at radius 2 is 1.75 bits per heavy atom. The number of carbonyl (C=O) groups excluding carboxylic acids is 2. The predicted octanol–water partition coefficient (Wildman–Crippen LogP) is 4.36. The van der Waals surface area contributed by atoms with Gasteiger partial charge in [-0.2, -0.15) is 0 Å². The molecule has 8 heteroatoms. The maximum absolute atomic E-state index is 13.5. The first-order valence-corrected chi connectivity index (χ1v) is 11.3. The molecule has 3 aliphatic carbocycles. The summed E-state index contributed by atoms with van der Waals surface area (Å²) in [6.07, 6.45) is 1.42. The van der Waals surface area contributed by atoms with Gasteiger partial charge in [0.2, 0.25) is 6.04 Å². The van der Waals surface area contributed by atoms with E-state index >= 15 is 0 Å². The molecular formula is C24H32N2O6. The molecule has 0 spiro atoms. The van der Waals surface area contributed by atoms with E-state index in [1.54, 1.807) is 58.9 Å². The fourth-order valence-corrected chi connectivity index (χ4v) is 5.91. The molecule has 1 aromatic carbocycles. The molecule has 4 aliphatic rings. The molecule has 5 rings (SSSR count). The van der Waals surface area contributed by atoms with Crippen molar-refractivity contribution in [2.45, 2.75) is 83.7 Å². The summed E-state index contributed by atoms with van der Waals surface area (Å²) in [6.45, 7) is 8.71. The standard InChI is InChI=1S/C24H32N2O6/c1-14(2)31-22(28)25-18(16-9-7-6-8-10-16)19(26(29)30)17(24-11-15(12-24)13-24)20(25)21(27)32-23(3,4)5/h6-10,14-15,17-20H,11-13H2,1-5H3/t15?,17-,18-,19-,20-,24?/m0/s1. The second-order valence-corrected chi connectivity index (χ2v) is 10.8. The smallest absolute Gasteiger partial charge is 0.411 e. The largest absolute Gasteiger partial charge is 0.458 e. The third kappa shape index (κ3) is 3.73. The minimum Gasteiger partial charge on any atom is -0.458 e. The molecule has 0 aromatic heterocycles. The van der Waals surface area contributed by atoms with Crippen molar-refractivity contribution in [2.24, 2.45) is 17.3 Å². The van der Waals surface area contributed by atoms with Gasteiger partial charge in [-0.05, 0) is 70.8 Å². The molecule has 3 saturated carbocycles. The molecule has 174 valence electrons. The van der Waals surface area contributed by atoms with Crippen LogP contribution in [0.3, 0.4) is 0 Å². The van der Waals surface area contributed by atoms with Crippen LogP contribution in [0.15, 0.2) is 30.3 Å². The van der Waals surface area contributed by atoms with Crippen molar-refractivity contribution < 1.29 is 24.0 Å². The van der Waals surface area contributed by atoms with Crippen LogP contribution in [0.2, 0.25) is 0 Å². The minimum atomic E-state index is -1.11. The second kappa shape index (κ2) is 7.74. The first kappa shape index (κ1) is 22.6. The second-order valence-electron chi connectivity index (χ2n) is 10.8. The molecule has 1 amide bonds. The highest BCUT2D eigenvalue weighted by atomic mass is 16.6. The van der Waals surface area contributed by atoms with E-state index in [0.29, 0.717) is 11.5 Å². The van der Waals surface area contributed by atoms with E-state index in [9.17, 15) is 19.7 Å². The lowest BCUT2D eigenvalue weighted by atomic mass is 9.39. The Bertz CT molecular complexity index is 892. The summed E-state index contributed by atoms with van der Waals surface area (Å²) in [5.74, 6) is -0.658. The summed E-state index contributed by atoms with van der Waals surface area (Å²) >= 11 is 0. The van der Waals surface area contributed by atoms with Crippen molar-refractivity contribution in [3.05, 3.63) is 46.0 Å². The Labute approximate surface area is 188 Å². The van der Waals surface area contributed by atoms with Crippen molar-refractivity contribution in [3.63, 3.8) is 0 Å². The number of carbonyl (C=O) groups is 2. The maximum atomic E-state index is 13.5. The average Bonchev–Trinajstić information content (AvgIpc) is 2.94. The number of rotatable bonds is 5. The summed E-state index contributed by atoms with van der Waals surface area (Å²) in [5.41, 5.74) is -0.467. The van der Waals surface area contributed by atoms with E-state index in [1.165, 1.54) is 4.90 Å². The number of benzene rings is 1. The zero-order chi connectivity index (χ0) is 23.4.